The largest absolute Gasteiger partial charge is 0.352 e. The van der Waals surface area contributed by atoms with Crippen LogP contribution in [-0.2, 0) is 32.6 Å². The van der Waals surface area contributed by atoms with E-state index < -0.39 is 28.5 Å². The van der Waals surface area contributed by atoms with Gasteiger partial charge >= 0.3 is 0 Å². The number of hydrogen-bond acceptors (Lipinski definition) is 4. The number of nitrogens with one attached hydrogen (secondary N) is 1. The van der Waals surface area contributed by atoms with Gasteiger partial charge in [0.05, 0.1) is 10.6 Å². The van der Waals surface area contributed by atoms with Gasteiger partial charge in [-0.3, -0.25) is 13.9 Å². The molecule has 7 nitrogen and oxygen atoms in total. The van der Waals surface area contributed by atoms with Crippen LogP contribution in [0.5, 0.6) is 0 Å². The normalized spacial score (nSPS) is 14.3. The van der Waals surface area contributed by atoms with Crippen molar-refractivity contribution < 1.29 is 18.0 Å². The Bertz CT molecular complexity index is 1790. The molecule has 11 heteroatoms. The molecule has 0 radical (unpaired) electrons. The van der Waals surface area contributed by atoms with Crippen molar-refractivity contribution in [1.29, 1.82) is 0 Å². The first-order valence-electron chi connectivity index (χ1n) is 15.5. The lowest BCUT2D eigenvalue weighted by Gasteiger charge is -2.35. The summed E-state index contributed by atoms with van der Waals surface area (Å²) in [6.45, 7) is -0.487. The molecule has 0 spiro atoms. The van der Waals surface area contributed by atoms with E-state index in [0.29, 0.717) is 10.0 Å². The lowest BCUT2D eigenvalue weighted by atomic mass is 9.94. The van der Waals surface area contributed by atoms with Gasteiger partial charge in [0, 0.05) is 33.5 Å². The molecule has 246 valence electrons. The van der Waals surface area contributed by atoms with Crippen molar-refractivity contribution in [2.75, 3.05) is 10.8 Å². The van der Waals surface area contributed by atoms with Crippen LogP contribution < -0.4 is 9.62 Å². The quantitative estimate of drug-likeness (QED) is 0.159. The third-order valence-corrected chi connectivity index (χ3v) is 11.0. The van der Waals surface area contributed by atoms with Gasteiger partial charge in [-0.1, -0.05) is 107 Å². The lowest BCUT2D eigenvalue weighted by molar-refractivity contribution is -0.140. The number of amides is 2. The molecule has 4 aromatic carbocycles. The smallest absolute Gasteiger partial charge is 0.264 e. The van der Waals surface area contributed by atoms with Crippen molar-refractivity contribution in [2.24, 2.45) is 0 Å². The molecule has 1 aliphatic rings. The van der Waals surface area contributed by atoms with Gasteiger partial charge < -0.3 is 10.2 Å². The topological polar surface area (TPSA) is 86.8 Å². The number of hydrogen-bond donors (Lipinski definition) is 1. The van der Waals surface area contributed by atoms with Crippen LogP contribution >= 0.6 is 39.1 Å². The zero-order valence-electron chi connectivity index (χ0n) is 25.7. The van der Waals surface area contributed by atoms with Gasteiger partial charge in [-0.25, -0.2) is 8.42 Å². The standard InChI is InChI=1S/C36H36BrCl2N3O4S/c37-28-12-7-11-27(21-28)24-41(34(22-26-9-3-1-4-10-26)36(44)40-31-14-5-2-6-15-31)35(43)25-42(32-16-8-13-30(39)23-32)47(45,46)33-19-17-29(38)18-20-33/h1,3-4,7-13,16-21,23,31,34H,2,5-6,14-15,22,24-25H2,(H,40,44)/t34-/m0/s1. The van der Waals surface area contributed by atoms with Crippen LogP contribution in [0.4, 0.5) is 5.69 Å². The molecule has 1 aliphatic carbocycles. The maximum atomic E-state index is 14.6. The van der Waals surface area contributed by atoms with E-state index in [0.717, 1.165) is 52.0 Å². The van der Waals surface area contributed by atoms with Gasteiger partial charge in [-0.15, -0.1) is 0 Å². The summed E-state index contributed by atoms with van der Waals surface area (Å²) in [6, 6.07) is 28.2. The number of halogens is 3. The summed E-state index contributed by atoms with van der Waals surface area (Å²) in [6.07, 6.45) is 5.21. The van der Waals surface area contributed by atoms with Gasteiger partial charge in [-0.2, -0.15) is 0 Å². The first-order chi connectivity index (χ1) is 22.6. The number of rotatable bonds is 12. The summed E-state index contributed by atoms with van der Waals surface area (Å²) in [5.74, 6) is -0.804. The Morgan fingerprint density at radius 3 is 2.17 bits per heavy atom. The number of carbonyl (C=O) groups is 2. The second-order valence-electron chi connectivity index (χ2n) is 11.6. The zero-order valence-corrected chi connectivity index (χ0v) is 29.6. The molecule has 0 unspecified atom stereocenters. The van der Waals surface area contributed by atoms with E-state index in [-0.39, 0.29) is 35.5 Å². The maximum Gasteiger partial charge on any atom is 0.264 e. The van der Waals surface area contributed by atoms with Crippen LogP contribution in [0.3, 0.4) is 0 Å². The van der Waals surface area contributed by atoms with Gasteiger partial charge in [0.15, 0.2) is 0 Å². The molecule has 1 saturated carbocycles. The third-order valence-electron chi connectivity index (χ3n) is 8.24. The molecule has 5 rings (SSSR count). The van der Waals surface area contributed by atoms with E-state index in [4.69, 9.17) is 23.2 Å². The van der Waals surface area contributed by atoms with Crippen LogP contribution in [0.2, 0.25) is 10.0 Å². The molecule has 1 fully saturated rings. The summed E-state index contributed by atoms with van der Waals surface area (Å²) in [7, 11) is -4.26. The monoisotopic (exact) mass is 755 g/mol. The summed E-state index contributed by atoms with van der Waals surface area (Å²) in [5, 5.41) is 3.91. The SMILES string of the molecule is O=C(NC1CCCCC1)[C@H](Cc1ccccc1)N(Cc1cccc(Br)c1)C(=O)CN(c1cccc(Cl)c1)S(=O)(=O)c1ccc(Cl)cc1. The highest BCUT2D eigenvalue weighted by Gasteiger charge is 2.35. The van der Waals surface area contributed by atoms with Gasteiger partial charge in [0.1, 0.15) is 12.6 Å². The highest BCUT2D eigenvalue weighted by Crippen LogP contribution is 2.28. The molecular formula is C36H36BrCl2N3O4S. The Hall–Kier alpha value is -3.37. The fourth-order valence-corrected chi connectivity index (χ4v) is 7.99. The first kappa shape index (κ1) is 35.0. The molecule has 47 heavy (non-hydrogen) atoms. The number of benzene rings is 4. The fourth-order valence-electron chi connectivity index (χ4n) is 5.82. The van der Waals surface area contributed by atoms with E-state index in [1.807, 2.05) is 54.6 Å². The van der Waals surface area contributed by atoms with E-state index >= 15 is 0 Å². The number of carbonyl (C=O) groups excluding carboxylic acids is 2. The average Bonchev–Trinajstić information content (AvgIpc) is 3.06. The summed E-state index contributed by atoms with van der Waals surface area (Å²) in [4.78, 5) is 30.3. The van der Waals surface area contributed by atoms with Crippen molar-refractivity contribution in [3.05, 3.63) is 129 Å². The van der Waals surface area contributed by atoms with Crippen molar-refractivity contribution >= 4 is 66.7 Å². The molecule has 0 bridgehead atoms. The average molecular weight is 758 g/mol. The second kappa shape index (κ2) is 16.2. The lowest BCUT2D eigenvalue weighted by Crippen LogP contribution is -2.55. The second-order valence-corrected chi connectivity index (χ2v) is 15.3. The molecule has 1 atom stereocenters. The highest BCUT2D eigenvalue weighted by molar-refractivity contribution is 9.10. The Balaban J connectivity index is 1.56. The van der Waals surface area contributed by atoms with Crippen LogP contribution in [-0.4, -0.2) is 43.8 Å². The Morgan fingerprint density at radius 2 is 1.49 bits per heavy atom. The first-order valence-corrected chi connectivity index (χ1v) is 18.5. The number of anilines is 1. The molecule has 4 aromatic rings. The fraction of sp³-hybridized carbons (Fsp3) is 0.278. The van der Waals surface area contributed by atoms with Gasteiger partial charge in [0.2, 0.25) is 11.8 Å². The van der Waals surface area contributed by atoms with E-state index in [1.54, 1.807) is 18.2 Å². The van der Waals surface area contributed by atoms with E-state index in [2.05, 4.69) is 21.2 Å². The molecule has 1 N–H and O–H groups in total. The minimum atomic E-state index is -4.26. The van der Waals surface area contributed by atoms with E-state index in [1.165, 1.54) is 35.2 Å². The van der Waals surface area contributed by atoms with Gasteiger partial charge in [-0.05, 0) is 78.6 Å². The van der Waals surface area contributed by atoms with E-state index in [9.17, 15) is 18.0 Å². The van der Waals surface area contributed by atoms with Crippen LogP contribution in [0.15, 0.2) is 112 Å². The summed E-state index contributed by atoms with van der Waals surface area (Å²) in [5.41, 5.74) is 1.88. The summed E-state index contributed by atoms with van der Waals surface area (Å²) >= 11 is 15.9. The number of nitrogens with zero attached hydrogens (tertiary/aromatic N) is 2. The molecule has 0 heterocycles. The molecule has 0 saturated heterocycles. The van der Waals surface area contributed by atoms with Crippen LogP contribution in [0.25, 0.3) is 0 Å². The number of sulfonamides is 1. The molecule has 0 aliphatic heterocycles. The van der Waals surface area contributed by atoms with Crippen molar-refractivity contribution in [3.63, 3.8) is 0 Å². The Morgan fingerprint density at radius 1 is 0.809 bits per heavy atom. The minimum Gasteiger partial charge on any atom is -0.352 e. The zero-order chi connectivity index (χ0) is 33.4. The van der Waals surface area contributed by atoms with Gasteiger partial charge in [0.25, 0.3) is 10.0 Å². The molecule has 2 amide bonds. The highest BCUT2D eigenvalue weighted by atomic mass is 79.9. The predicted molar refractivity (Wildman–Crippen MR) is 191 cm³/mol. The maximum absolute atomic E-state index is 14.6. The third kappa shape index (κ3) is 9.38. The van der Waals surface area contributed by atoms with Crippen molar-refractivity contribution in [1.82, 2.24) is 10.2 Å². The van der Waals surface area contributed by atoms with Crippen LogP contribution in [0, 0.1) is 0 Å². The molecular weight excluding hydrogens is 721 g/mol. The Labute approximate surface area is 295 Å². The van der Waals surface area contributed by atoms with Crippen molar-refractivity contribution in [2.45, 2.75) is 62.0 Å². The Kier molecular flexibility index (Phi) is 12.0. The van der Waals surface area contributed by atoms with Crippen LogP contribution in [0.1, 0.15) is 43.2 Å². The minimum absolute atomic E-state index is 0.0191. The predicted octanol–water partition coefficient (Wildman–Crippen LogP) is 8.04. The molecule has 0 aromatic heterocycles. The summed E-state index contributed by atoms with van der Waals surface area (Å²) < 4.78 is 30.2. The van der Waals surface area contributed by atoms with Crippen molar-refractivity contribution in [3.8, 4) is 0 Å².